The zero-order valence-corrected chi connectivity index (χ0v) is 9.90. The molecule has 0 aliphatic heterocycles. The number of aryl methyl sites for hydroxylation is 2. The second-order valence-corrected chi connectivity index (χ2v) is 3.90. The quantitative estimate of drug-likeness (QED) is 0.788. The summed E-state index contributed by atoms with van der Waals surface area (Å²) in [5.41, 5.74) is 3.37. The summed E-state index contributed by atoms with van der Waals surface area (Å²) in [7, 11) is 1.69. The van der Waals surface area contributed by atoms with E-state index in [0.717, 1.165) is 23.6 Å². The van der Waals surface area contributed by atoms with E-state index in [9.17, 15) is 0 Å². The van der Waals surface area contributed by atoms with Gasteiger partial charge in [0.2, 0.25) is 0 Å². The predicted molar refractivity (Wildman–Crippen MR) is 63.8 cm³/mol. The summed E-state index contributed by atoms with van der Waals surface area (Å²) in [5, 5.41) is 4.44. The van der Waals surface area contributed by atoms with Gasteiger partial charge in [0, 0.05) is 11.3 Å². The molecule has 2 aromatic rings. The van der Waals surface area contributed by atoms with Crippen LogP contribution in [0.3, 0.4) is 0 Å². The first-order valence-corrected chi connectivity index (χ1v) is 5.33. The van der Waals surface area contributed by atoms with Crippen LogP contribution in [-0.2, 0) is 6.54 Å². The van der Waals surface area contributed by atoms with Crippen LogP contribution in [0.5, 0.6) is 5.75 Å². The molecule has 3 heteroatoms. The van der Waals surface area contributed by atoms with Crippen molar-refractivity contribution in [3.05, 3.63) is 47.3 Å². The average molecular weight is 216 g/mol. The number of nitrogens with zero attached hydrogens (tertiary/aromatic N) is 2. The van der Waals surface area contributed by atoms with Crippen molar-refractivity contribution in [2.45, 2.75) is 20.4 Å². The van der Waals surface area contributed by atoms with E-state index in [1.165, 1.54) is 5.69 Å². The summed E-state index contributed by atoms with van der Waals surface area (Å²) in [6.45, 7) is 4.82. The molecule has 1 aromatic heterocycles. The summed E-state index contributed by atoms with van der Waals surface area (Å²) in [6.07, 6.45) is 0. The SMILES string of the molecule is COc1ccccc1Cn1nc(C)cc1C. The highest BCUT2D eigenvalue weighted by Crippen LogP contribution is 2.18. The Morgan fingerprint density at radius 3 is 2.62 bits per heavy atom. The van der Waals surface area contributed by atoms with Crippen molar-refractivity contribution in [2.24, 2.45) is 0 Å². The maximum Gasteiger partial charge on any atom is 0.123 e. The number of para-hydroxylation sites is 1. The first-order valence-electron chi connectivity index (χ1n) is 5.33. The standard InChI is InChI=1S/C13H16N2O/c1-10-8-11(2)15(14-10)9-12-6-4-5-7-13(12)16-3/h4-8H,9H2,1-3H3. The van der Waals surface area contributed by atoms with Gasteiger partial charge in [-0.1, -0.05) is 18.2 Å². The number of aromatic nitrogens is 2. The van der Waals surface area contributed by atoms with E-state index >= 15 is 0 Å². The van der Waals surface area contributed by atoms with Crippen LogP contribution in [0.2, 0.25) is 0 Å². The fraction of sp³-hybridized carbons (Fsp3) is 0.308. The van der Waals surface area contributed by atoms with Crippen molar-refractivity contribution in [3.63, 3.8) is 0 Å². The molecule has 1 heterocycles. The first kappa shape index (κ1) is 10.7. The van der Waals surface area contributed by atoms with Gasteiger partial charge >= 0.3 is 0 Å². The Morgan fingerprint density at radius 1 is 1.25 bits per heavy atom. The number of hydrogen-bond acceptors (Lipinski definition) is 2. The minimum atomic E-state index is 0.754. The number of methoxy groups -OCH3 is 1. The van der Waals surface area contributed by atoms with E-state index in [-0.39, 0.29) is 0 Å². The Kier molecular flexibility index (Phi) is 2.95. The Bertz CT molecular complexity index is 488. The molecule has 0 radical (unpaired) electrons. The van der Waals surface area contributed by atoms with E-state index in [1.54, 1.807) is 7.11 Å². The third-order valence-electron chi connectivity index (χ3n) is 2.62. The van der Waals surface area contributed by atoms with E-state index < -0.39 is 0 Å². The lowest BCUT2D eigenvalue weighted by Crippen LogP contribution is -2.05. The Morgan fingerprint density at radius 2 is 2.00 bits per heavy atom. The largest absolute Gasteiger partial charge is 0.496 e. The molecule has 0 aliphatic rings. The summed E-state index contributed by atoms with van der Waals surface area (Å²) in [6, 6.07) is 10.1. The second kappa shape index (κ2) is 4.39. The number of hydrogen-bond donors (Lipinski definition) is 0. The third kappa shape index (κ3) is 2.08. The Balaban J connectivity index is 2.30. The van der Waals surface area contributed by atoms with Gasteiger partial charge in [0.1, 0.15) is 5.75 Å². The van der Waals surface area contributed by atoms with Gasteiger partial charge in [0.25, 0.3) is 0 Å². The summed E-state index contributed by atoms with van der Waals surface area (Å²) < 4.78 is 7.32. The maximum absolute atomic E-state index is 5.32. The molecule has 0 atom stereocenters. The van der Waals surface area contributed by atoms with Gasteiger partial charge in [-0.3, -0.25) is 4.68 Å². The second-order valence-electron chi connectivity index (χ2n) is 3.90. The van der Waals surface area contributed by atoms with Gasteiger partial charge in [-0.15, -0.1) is 0 Å². The number of rotatable bonds is 3. The monoisotopic (exact) mass is 216 g/mol. The van der Waals surface area contributed by atoms with Gasteiger partial charge < -0.3 is 4.74 Å². The van der Waals surface area contributed by atoms with Crippen molar-refractivity contribution in [2.75, 3.05) is 7.11 Å². The van der Waals surface area contributed by atoms with Crippen molar-refractivity contribution in [1.82, 2.24) is 9.78 Å². The number of ether oxygens (including phenoxy) is 1. The van der Waals surface area contributed by atoms with Gasteiger partial charge in [0.15, 0.2) is 0 Å². The van der Waals surface area contributed by atoms with E-state index in [4.69, 9.17) is 4.74 Å². The van der Waals surface area contributed by atoms with Crippen LogP contribution in [0, 0.1) is 13.8 Å². The molecule has 0 bridgehead atoms. The molecule has 84 valence electrons. The Hall–Kier alpha value is -1.77. The smallest absolute Gasteiger partial charge is 0.123 e. The normalized spacial score (nSPS) is 10.4. The van der Waals surface area contributed by atoms with Gasteiger partial charge in [-0.05, 0) is 26.0 Å². The van der Waals surface area contributed by atoms with E-state index in [2.05, 4.69) is 24.2 Å². The highest BCUT2D eigenvalue weighted by atomic mass is 16.5. The van der Waals surface area contributed by atoms with E-state index in [1.807, 2.05) is 29.8 Å². The van der Waals surface area contributed by atoms with Crippen LogP contribution in [0.15, 0.2) is 30.3 Å². The highest BCUT2D eigenvalue weighted by Gasteiger charge is 2.05. The number of benzene rings is 1. The lowest BCUT2D eigenvalue weighted by Gasteiger charge is -2.09. The minimum absolute atomic E-state index is 0.754. The molecule has 1 aromatic carbocycles. The molecule has 0 saturated heterocycles. The summed E-state index contributed by atoms with van der Waals surface area (Å²) in [5.74, 6) is 0.912. The maximum atomic E-state index is 5.32. The van der Waals surface area contributed by atoms with Crippen LogP contribution in [0.25, 0.3) is 0 Å². The molecule has 0 spiro atoms. The van der Waals surface area contributed by atoms with Crippen molar-refractivity contribution in [3.8, 4) is 5.75 Å². The van der Waals surface area contributed by atoms with Crippen molar-refractivity contribution >= 4 is 0 Å². The minimum Gasteiger partial charge on any atom is -0.496 e. The molecule has 3 nitrogen and oxygen atoms in total. The highest BCUT2D eigenvalue weighted by molar-refractivity contribution is 5.33. The molecular weight excluding hydrogens is 200 g/mol. The zero-order chi connectivity index (χ0) is 11.5. The predicted octanol–water partition coefficient (Wildman–Crippen LogP) is 2.56. The van der Waals surface area contributed by atoms with Crippen LogP contribution < -0.4 is 4.74 Å². The van der Waals surface area contributed by atoms with Crippen molar-refractivity contribution in [1.29, 1.82) is 0 Å². The molecule has 0 fully saturated rings. The molecular formula is C13H16N2O. The summed E-state index contributed by atoms with van der Waals surface area (Å²) >= 11 is 0. The molecule has 0 aliphatic carbocycles. The molecule has 0 saturated carbocycles. The fourth-order valence-corrected chi connectivity index (χ4v) is 1.83. The van der Waals surface area contributed by atoms with Gasteiger partial charge in [0.05, 0.1) is 19.3 Å². The Labute approximate surface area is 95.7 Å². The van der Waals surface area contributed by atoms with Gasteiger partial charge in [-0.25, -0.2) is 0 Å². The lowest BCUT2D eigenvalue weighted by atomic mass is 10.2. The van der Waals surface area contributed by atoms with Crippen LogP contribution >= 0.6 is 0 Å². The molecule has 2 rings (SSSR count). The molecule has 0 N–H and O–H groups in total. The molecule has 0 unspecified atom stereocenters. The molecule has 0 amide bonds. The van der Waals surface area contributed by atoms with Gasteiger partial charge in [-0.2, -0.15) is 5.10 Å². The topological polar surface area (TPSA) is 27.1 Å². The van der Waals surface area contributed by atoms with Crippen molar-refractivity contribution < 1.29 is 4.74 Å². The zero-order valence-electron chi connectivity index (χ0n) is 9.90. The lowest BCUT2D eigenvalue weighted by molar-refractivity contribution is 0.407. The van der Waals surface area contributed by atoms with Crippen LogP contribution in [0.1, 0.15) is 17.0 Å². The summed E-state index contributed by atoms with van der Waals surface area (Å²) in [4.78, 5) is 0. The fourth-order valence-electron chi connectivity index (χ4n) is 1.83. The average Bonchev–Trinajstić information content (AvgIpc) is 2.58. The molecule has 16 heavy (non-hydrogen) atoms. The van der Waals surface area contributed by atoms with Crippen LogP contribution in [-0.4, -0.2) is 16.9 Å². The third-order valence-corrected chi connectivity index (χ3v) is 2.62. The van der Waals surface area contributed by atoms with E-state index in [0.29, 0.717) is 0 Å². The first-order chi connectivity index (χ1) is 7.70. The van der Waals surface area contributed by atoms with Crippen LogP contribution in [0.4, 0.5) is 0 Å².